The highest BCUT2D eigenvalue weighted by Gasteiger charge is 2.06. The Hall–Kier alpha value is -3.18. The molecule has 0 unspecified atom stereocenters. The van der Waals surface area contributed by atoms with Gasteiger partial charge in [-0.05, 0) is 22.8 Å². The molecule has 3 rings (SSSR count). The first-order valence-electron chi connectivity index (χ1n) is 8.76. The number of nitrogens with zero attached hydrogens (tertiary/aromatic N) is 1. The number of nitrogens with one attached hydrogen (secondary N) is 1. The molecule has 0 saturated heterocycles. The summed E-state index contributed by atoms with van der Waals surface area (Å²) in [5.74, 6) is -0.261. The zero-order chi connectivity index (χ0) is 19.1. The second-order valence-electron chi connectivity index (χ2n) is 6.34. The Morgan fingerprint density at radius 1 is 0.926 bits per heavy atom. The minimum atomic E-state index is -0.261. The number of amides is 1. The highest BCUT2D eigenvalue weighted by molar-refractivity contribution is 5.93. The normalized spacial score (nSPS) is 10.6. The predicted molar refractivity (Wildman–Crippen MR) is 104 cm³/mol. The third kappa shape index (κ3) is 5.39. The fraction of sp³-hybridized carbons (Fsp3) is 0.182. The van der Waals surface area contributed by atoms with Crippen LogP contribution in [-0.2, 0) is 31.5 Å². The lowest BCUT2D eigenvalue weighted by molar-refractivity contribution is 0.0950. The molecule has 0 radical (unpaired) electrons. The van der Waals surface area contributed by atoms with Gasteiger partial charge in [0.05, 0.1) is 13.2 Å². The number of carbonyl (C=O) groups is 1. The molecule has 0 fully saturated rings. The molecule has 3 aromatic rings. The molecule has 0 atom stereocenters. The average molecular weight is 362 g/mol. The molecule has 0 aliphatic carbocycles. The summed E-state index contributed by atoms with van der Waals surface area (Å²) in [4.78, 5) is 23.7. The first kappa shape index (κ1) is 18.6. The second-order valence-corrected chi connectivity index (χ2v) is 6.34. The molecular weight excluding hydrogens is 340 g/mol. The van der Waals surface area contributed by atoms with Gasteiger partial charge in [0, 0.05) is 31.4 Å². The number of aromatic nitrogens is 1. The number of aryl methyl sites for hydroxylation is 1. The van der Waals surface area contributed by atoms with E-state index in [4.69, 9.17) is 4.74 Å². The van der Waals surface area contributed by atoms with Crippen molar-refractivity contribution in [2.45, 2.75) is 19.8 Å². The molecule has 5 heteroatoms. The minimum absolute atomic E-state index is 0.206. The molecular formula is C22H22N2O3. The first-order chi connectivity index (χ1) is 13.1. The van der Waals surface area contributed by atoms with Gasteiger partial charge < -0.3 is 14.6 Å². The van der Waals surface area contributed by atoms with Crippen LogP contribution in [0.1, 0.15) is 27.0 Å². The van der Waals surface area contributed by atoms with Gasteiger partial charge in [-0.2, -0.15) is 0 Å². The van der Waals surface area contributed by atoms with Crippen molar-refractivity contribution in [2.75, 3.05) is 0 Å². The molecule has 0 bridgehead atoms. The van der Waals surface area contributed by atoms with E-state index in [-0.39, 0.29) is 11.5 Å². The molecule has 1 N–H and O–H groups in total. The van der Waals surface area contributed by atoms with Crippen LogP contribution in [0.25, 0.3) is 0 Å². The molecule has 0 aliphatic rings. The van der Waals surface area contributed by atoms with Crippen molar-refractivity contribution < 1.29 is 9.53 Å². The highest BCUT2D eigenvalue weighted by Crippen LogP contribution is 2.08. The Bertz CT molecular complexity index is 947. The van der Waals surface area contributed by atoms with Crippen LogP contribution in [0.2, 0.25) is 0 Å². The maximum atomic E-state index is 12.1. The largest absolute Gasteiger partial charge is 0.372 e. The van der Waals surface area contributed by atoms with Crippen LogP contribution in [0.4, 0.5) is 0 Å². The number of carbonyl (C=O) groups excluding carboxylic acids is 1. The Labute approximate surface area is 158 Å². The van der Waals surface area contributed by atoms with Gasteiger partial charge in [-0.3, -0.25) is 9.59 Å². The molecule has 27 heavy (non-hydrogen) atoms. The maximum Gasteiger partial charge on any atom is 0.251 e. The topological polar surface area (TPSA) is 60.3 Å². The lowest BCUT2D eigenvalue weighted by Crippen LogP contribution is -2.25. The number of pyridine rings is 1. The number of benzene rings is 2. The molecule has 138 valence electrons. The van der Waals surface area contributed by atoms with E-state index in [2.05, 4.69) is 5.32 Å². The van der Waals surface area contributed by atoms with Crippen molar-refractivity contribution in [3.63, 3.8) is 0 Å². The van der Waals surface area contributed by atoms with Gasteiger partial charge >= 0.3 is 0 Å². The second kappa shape index (κ2) is 8.96. The molecule has 5 nitrogen and oxygen atoms in total. The molecule has 1 heterocycles. The Morgan fingerprint density at radius 3 is 2.22 bits per heavy atom. The molecule has 0 saturated carbocycles. The maximum absolute atomic E-state index is 12.1. The summed E-state index contributed by atoms with van der Waals surface area (Å²) in [7, 11) is 1.65. The van der Waals surface area contributed by atoms with Gasteiger partial charge in [-0.25, -0.2) is 0 Å². The molecule has 1 aromatic heterocycles. The monoisotopic (exact) mass is 362 g/mol. The Balaban J connectivity index is 1.48. The van der Waals surface area contributed by atoms with Crippen molar-refractivity contribution >= 4 is 5.91 Å². The van der Waals surface area contributed by atoms with E-state index < -0.39 is 0 Å². The quantitative estimate of drug-likeness (QED) is 0.703. The highest BCUT2D eigenvalue weighted by atomic mass is 16.5. The van der Waals surface area contributed by atoms with E-state index in [0.717, 1.165) is 16.7 Å². The third-order valence-corrected chi connectivity index (χ3v) is 4.22. The fourth-order valence-electron chi connectivity index (χ4n) is 2.59. The summed E-state index contributed by atoms with van der Waals surface area (Å²) in [5.41, 5.74) is 3.37. The number of rotatable bonds is 7. The van der Waals surface area contributed by atoms with E-state index in [1.54, 1.807) is 19.3 Å². The third-order valence-electron chi connectivity index (χ3n) is 4.22. The molecule has 1 amide bonds. The smallest absolute Gasteiger partial charge is 0.251 e. The van der Waals surface area contributed by atoms with Gasteiger partial charge in [0.1, 0.15) is 0 Å². The van der Waals surface area contributed by atoms with Crippen LogP contribution in [0, 0.1) is 0 Å². The van der Waals surface area contributed by atoms with Crippen LogP contribution in [0.3, 0.4) is 0 Å². The zero-order valence-corrected chi connectivity index (χ0v) is 15.2. The lowest BCUT2D eigenvalue weighted by atomic mass is 10.1. The van der Waals surface area contributed by atoms with E-state index in [9.17, 15) is 9.59 Å². The number of hydrogen-bond acceptors (Lipinski definition) is 3. The summed E-state index contributed by atoms with van der Waals surface area (Å²) >= 11 is 0. The van der Waals surface area contributed by atoms with Gasteiger partial charge in [0.25, 0.3) is 11.5 Å². The van der Waals surface area contributed by atoms with Gasteiger partial charge in [-0.1, -0.05) is 54.6 Å². The van der Waals surface area contributed by atoms with Crippen LogP contribution < -0.4 is 10.9 Å². The van der Waals surface area contributed by atoms with Crippen molar-refractivity contribution in [1.82, 2.24) is 9.88 Å². The minimum Gasteiger partial charge on any atom is -0.372 e. The SMILES string of the molecule is Cn1ccc(C(=O)NCc2ccc(COCc3ccccc3)cc2)cc1=O. The van der Waals surface area contributed by atoms with E-state index >= 15 is 0 Å². The Kier molecular flexibility index (Phi) is 6.18. The van der Waals surface area contributed by atoms with Crippen molar-refractivity contribution in [3.05, 3.63) is 106 Å². The summed E-state index contributed by atoms with van der Waals surface area (Å²) in [5, 5.41) is 2.83. The molecule has 0 spiro atoms. The summed E-state index contributed by atoms with van der Waals surface area (Å²) in [6, 6.07) is 20.9. The summed E-state index contributed by atoms with van der Waals surface area (Å²) in [6.07, 6.45) is 1.58. The average Bonchev–Trinajstić information content (AvgIpc) is 2.70. The molecule has 2 aromatic carbocycles. The predicted octanol–water partition coefficient (Wildman–Crippen LogP) is 3.03. The summed E-state index contributed by atoms with van der Waals surface area (Å²) in [6.45, 7) is 1.52. The Morgan fingerprint density at radius 2 is 1.56 bits per heavy atom. The number of ether oxygens (including phenoxy) is 1. The zero-order valence-electron chi connectivity index (χ0n) is 15.2. The van der Waals surface area contributed by atoms with Crippen LogP contribution in [0.15, 0.2) is 77.7 Å². The van der Waals surface area contributed by atoms with Crippen LogP contribution in [-0.4, -0.2) is 10.5 Å². The summed E-state index contributed by atoms with van der Waals surface area (Å²) < 4.78 is 7.15. The van der Waals surface area contributed by atoms with E-state index in [1.165, 1.54) is 10.6 Å². The van der Waals surface area contributed by atoms with Crippen molar-refractivity contribution in [1.29, 1.82) is 0 Å². The fourth-order valence-corrected chi connectivity index (χ4v) is 2.59. The van der Waals surface area contributed by atoms with Gasteiger partial charge in [0.2, 0.25) is 0 Å². The van der Waals surface area contributed by atoms with E-state index in [1.807, 2.05) is 54.6 Å². The number of hydrogen-bond donors (Lipinski definition) is 1. The lowest BCUT2D eigenvalue weighted by Gasteiger charge is -2.08. The molecule has 0 aliphatic heterocycles. The van der Waals surface area contributed by atoms with Crippen molar-refractivity contribution in [3.8, 4) is 0 Å². The van der Waals surface area contributed by atoms with Crippen LogP contribution in [0.5, 0.6) is 0 Å². The first-order valence-corrected chi connectivity index (χ1v) is 8.76. The van der Waals surface area contributed by atoms with E-state index in [0.29, 0.717) is 25.3 Å². The van der Waals surface area contributed by atoms with Crippen molar-refractivity contribution in [2.24, 2.45) is 7.05 Å². The standard InChI is InChI=1S/C22H22N2O3/c1-24-12-11-20(13-21(24)25)22(26)23-14-17-7-9-19(10-8-17)16-27-15-18-5-3-2-4-6-18/h2-13H,14-16H2,1H3,(H,23,26). The van der Waals surface area contributed by atoms with Crippen LogP contribution >= 0.6 is 0 Å². The van der Waals surface area contributed by atoms with Gasteiger partial charge in [0.15, 0.2) is 0 Å². The van der Waals surface area contributed by atoms with Gasteiger partial charge in [-0.15, -0.1) is 0 Å².